The van der Waals surface area contributed by atoms with Gasteiger partial charge in [0.2, 0.25) is 0 Å². The van der Waals surface area contributed by atoms with Crippen molar-refractivity contribution >= 4 is 0 Å². The molecule has 156 valence electrons. The lowest BCUT2D eigenvalue weighted by molar-refractivity contribution is -0.0596. The molecule has 0 saturated carbocycles. The second-order valence-corrected chi connectivity index (χ2v) is 8.66. The van der Waals surface area contributed by atoms with Crippen LogP contribution in [0.25, 0.3) is 0 Å². The second kappa shape index (κ2) is 7.96. The Morgan fingerprint density at radius 2 is 1.83 bits per heavy atom. The van der Waals surface area contributed by atoms with Gasteiger partial charge >= 0.3 is 0 Å². The number of methoxy groups -OCH3 is 1. The van der Waals surface area contributed by atoms with Gasteiger partial charge in [-0.15, -0.1) is 0 Å². The molecule has 1 unspecified atom stereocenters. The largest absolute Gasteiger partial charge is 0.493 e. The molecule has 29 heavy (non-hydrogen) atoms. The highest BCUT2D eigenvalue weighted by atomic mass is 19.1. The van der Waals surface area contributed by atoms with E-state index < -0.39 is 5.60 Å². The summed E-state index contributed by atoms with van der Waals surface area (Å²) in [5.74, 6) is 1.21. The molecule has 0 amide bonds. The van der Waals surface area contributed by atoms with Crippen molar-refractivity contribution in [1.82, 2.24) is 4.90 Å². The van der Waals surface area contributed by atoms with Crippen molar-refractivity contribution in [2.75, 3.05) is 7.11 Å². The molecule has 2 aliphatic heterocycles. The zero-order valence-corrected chi connectivity index (χ0v) is 17.4. The van der Waals surface area contributed by atoms with E-state index in [0.717, 1.165) is 30.9 Å². The molecule has 2 aromatic rings. The minimum atomic E-state index is -0.947. The van der Waals surface area contributed by atoms with Gasteiger partial charge in [0.25, 0.3) is 0 Å². The smallest absolute Gasteiger partial charge is 0.161 e. The van der Waals surface area contributed by atoms with E-state index in [1.807, 2.05) is 32.0 Å². The first-order valence-electron chi connectivity index (χ1n) is 10.5. The van der Waals surface area contributed by atoms with Crippen LogP contribution in [0.3, 0.4) is 0 Å². The van der Waals surface area contributed by atoms with Crippen molar-refractivity contribution in [1.29, 1.82) is 0 Å². The van der Waals surface area contributed by atoms with Crippen LogP contribution in [-0.2, 0) is 12.1 Å². The number of hydrogen-bond donors (Lipinski definition) is 1. The number of benzene rings is 2. The van der Waals surface area contributed by atoms with E-state index >= 15 is 0 Å². The van der Waals surface area contributed by atoms with E-state index in [4.69, 9.17) is 9.47 Å². The van der Waals surface area contributed by atoms with Crippen LogP contribution in [-0.4, -0.2) is 35.3 Å². The minimum absolute atomic E-state index is 0.0909. The van der Waals surface area contributed by atoms with Crippen molar-refractivity contribution in [3.8, 4) is 11.5 Å². The van der Waals surface area contributed by atoms with E-state index in [1.165, 1.54) is 17.7 Å². The summed E-state index contributed by atoms with van der Waals surface area (Å²) in [6, 6.07) is 13.1. The molecule has 4 rings (SSSR count). The first-order chi connectivity index (χ1) is 13.9. The summed E-state index contributed by atoms with van der Waals surface area (Å²) in [4.78, 5) is 2.49. The SMILES string of the molecule is COc1cc(CN2[C@@H]3CC[C@H]2CC(O)(c2cccc(F)c2)C3)ccc1OC(C)C. The zero-order valence-electron chi connectivity index (χ0n) is 17.4. The monoisotopic (exact) mass is 399 g/mol. The molecule has 4 nitrogen and oxygen atoms in total. The van der Waals surface area contributed by atoms with Gasteiger partial charge < -0.3 is 14.6 Å². The zero-order chi connectivity index (χ0) is 20.6. The van der Waals surface area contributed by atoms with Gasteiger partial charge in [-0.3, -0.25) is 4.90 Å². The van der Waals surface area contributed by atoms with Gasteiger partial charge in [-0.2, -0.15) is 0 Å². The lowest BCUT2D eigenvalue weighted by Gasteiger charge is -2.44. The molecule has 2 saturated heterocycles. The van der Waals surface area contributed by atoms with Crippen LogP contribution in [0, 0.1) is 5.82 Å². The Balaban J connectivity index is 1.51. The van der Waals surface area contributed by atoms with Gasteiger partial charge in [0.15, 0.2) is 11.5 Å². The second-order valence-electron chi connectivity index (χ2n) is 8.66. The molecule has 0 aliphatic carbocycles. The molecule has 2 heterocycles. The highest BCUT2D eigenvalue weighted by Crippen LogP contribution is 2.46. The van der Waals surface area contributed by atoms with E-state index in [2.05, 4.69) is 11.0 Å². The third-order valence-corrected chi connectivity index (χ3v) is 6.24. The number of halogens is 1. The topological polar surface area (TPSA) is 41.9 Å². The Bertz CT molecular complexity index is 855. The van der Waals surface area contributed by atoms with Crippen molar-refractivity contribution in [3.63, 3.8) is 0 Å². The fourth-order valence-corrected chi connectivity index (χ4v) is 4.96. The quantitative estimate of drug-likeness (QED) is 0.769. The molecule has 2 fully saturated rings. The molecule has 3 atom stereocenters. The van der Waals surface area contributed by atoms with Crippen LogP contribution in [0.5, 0.6) is 11.5 Å². The molecule has 2 aromatic carbocycles. The molecule has 2 aliphatic rings. The summed E-state index contributed by atoms with van der Waals surface area (Å²) >= 11 is 0. The Hall–Kier alpha value is -2.11. The molecule has 1 N–H and O–H groups in total. The fourth-order valence-electron chi connectivity index (χ4n) is 4.96. The average Bonchev–Trinajstić information content (AvgIpc) is 2.92. The number of rotatable bonds is 6. The number of nitrogens with zero attached hydrogens (tertiary/aromatic N) is 1. The Morgan fingerprint density at radius 1 is 1.10 bits per heavy atom. The number of hydrogen-bond acceptors (Lipinski definition) is 4. The van der Waals surface area contributed by atoms with Crippen molar-refractivity contribution in [2.45, 2.75) is 69.9 Å². The Labute approximate surface area is 172 Å². The van der Waals surface area contributed by atoms with Gasteiger partial charge in [0.1, 0.15) is 5.82 Å². The van der Waals surface area contributed by atoms with Crippen molar-refractivity contribution in [3.05, 3.63) is 59.4 Å². The third kappa shape index (κ3) is 4.12. The molecular formula is C24H30FNO3. The van der Waals surface area contributed by atoms with E-state index in [9.17, 15) is 9.50 Å². The summed E-state index contributed by atoms with van der Waals surface area (Å²) in [7, 11) is 1.66. The summed E-state index contributed by atoms with van der Waals surface area (Å²) in [6.45, 7) is 4.81. The molecule has 0 aromatic heterocycles. The van der Waals surface area contributed by atoms with Crippen LogP contribution in [0.2, 0.25) is 0 Å². The predicted molar refractivity (Wildman–Crippen MR) is 111 cm³/mol. The Kier molecular flexibility index (Phi) is 5.54. The van der Waals surface area contributed by atoms with E-state index in [1.54, 1.807) is 13.2 Å². The number of piperidine rings is 1. The lowest BCUT2D eigenvalue weighted by Crippen LogP contribution is -2.49. The highest BCUT2D eigenvalue weighted by Gasteiger charge is 2.48. The minimum Gasteiger partial charge on any atom is -0.493 e. The highest BCUT2D eigenvalue weighted by molar-refractivity contribution is 5.43. The van der Waals surface area contributed by atoms with Crippen molar-refractivity contribution in [2.24, 2.45) is 0 Å². The van der Waals surface area contributed by atoms with Crippen molar-refractivity contribution < 1.29 is 19.0 Å². The number of aliphatic hydroxyl groups is 1. The fraction of sp³-hybridized carbons (Fsp3) is 0.500. The molecule has 5 heteroatoms. The number of ether oxygens (including phenoxy) is 2. The summed E-state index contributed by atoms with van der Waals surface area (Å²) in [5.41, 5.74) is 0.925. The summed E-state index contributed by atoms with van der Waals surface area (Å²) in [5, 5.41) is 11.3. The Morgan fingerprint density at radius 3 is 2.45 bits per heavy atom. The molecule has 0 radical (unpaired) electrons. The first-order valence-corrected chi connectivity index (χ1v) is 10.5. The van der Waals surface area contributed by atoms with Crippen LogP contribution < -0.4 is 9.47 Å². The molecule has 0 spiro atoms. The van der Waals surface area contributed by atoms with Crippen LogP contribution in [0.1, 0.15) is 50.7 Å². The maximum Gasteiger partial charge on any atom is 0.161 e. The maximum atomic E-state index is 13.7. The maximum absolute atomic E-state index is 13.7. The molecule has 2 bridgehead atoms. The van der Waals surface area contributed by atoms with Gasteiger partial charge in [-0.1, -0.05) is 18.2 Å². The average molecular weight is 400 g/mol. The predicted octanol–water partition coefficient (Wildman–Crippen LogP) is 4.64. The van der Waals surface area contributed by atoms with Crippen LogP contribution in [0.4, 0.5) is 4.39 Å². The van der Waals surface area contributed by atoms with E-state index in [-0.39, 0.29) is 11.9 Å². The third-order valence-electron chi connectivity index (χ3n) is 6.24. The first kappa shape index (κ1) is 20.2. The van der Waals surface area contributed by atoms with Crippen LogP contribution in [0.15, 0.2) is 42.5 Å². The summed E-state index contributed by atoms with van der Waals surface area (Å²) < 4.78 is 25.1. The summed E-state index contributed by atoms with van der Waals surface area (Å²) in [6.07, 6.45) is 3.49. The van der Waals surface area contributed by atoms with Gasteiger partial charge in [-0.25, -0.2) is 4.39 Å². The van der Waals surface area contributed by atoms with E-state index in [0.29, 0.717) is 30.5 Å². The standard InChI is InChI=1S/C24H30FNO3/c1-16(2)29-22-10-7-17(11-23(22)28-3)15-26-20-8-9-21(26)14-24(27,13-20)18-5-4-6-19(25)12-18/h4-7,10-12,16,20-21,27H,8-9,13-15H2,1-3H3/t20-,21+,24?. The van der Waals surface area contributed by atoms with Gasteiger partial charge in [-0.05, 0) is 74.9 Å². The molecular weight excluding hydrogens is 369 g/mol. The normalized spacial score (nSPS) is 26.7. The van der Waals surface area contributed by atoms with Gasteiger partial charge in [0.05, 0.1) is 18.8 Å². The van der Waals surface area contributed by atoms with Gasteiger partial charge in [0, 0.05) is 18.6 Å². The lowest BCUT2D eigenvalue weighted by atomic mass is 9.80. The van der Waals surface area contributed by atoms with Crippen LogP contribution >= 0.6 is 0 Å². The number of fused-ring (bicyclic) bond motifs is 2.